The molecule has 0 radical (unpaired) electrons. The zero-order chi connectivity index (χ0) is 9.84. The van der Waals surface area contributed by atoms with Crippen molar-refractivity contribution in [3.63, 3.8) is 0 Å². The maximum absolute atomic E-state index is 9.48. The second kappa shape index (κ2) is 4.43. The summed E-state index contributed by atoms with van der Waals surface area (Å²) in [7, 11) is 0. The highest BCUT2D eigenvalue weighted by Crippen LogP contribution is 2.20. The van der Waals surface area contributed by atoms with Crippen LogP contribution in [0.3, 0.4) is 0 Å². The van der Waals surface area contributed by atoms with E-state index >= 15 is 0 Å². The molecule has 0 amide bonds. The van der Waals surface area contributed by atoms with E-state index in [4.69, 9.17) is 5.73 Å². The summed E-state index contributed by atoms with van der Waals surface area (Å²) in [6.07, 6.45) is 2.00. The van der Waals surface area contributed by atoms with Gasteiger partial charge in [-0.3, -0.25) is 0 Å². The van der Waals surface area contributed by atoms with Crippen molar-refractivity contribution >= 4 is 21.5 Å². The Morgan fingerprint density at radius 2 is 2.46 bits per heavy atom. The maximum atomic E-state index is 9.48. The number of nitrogens with one attached hydrogen (secondary N) is 1. The summed E-state index contributed by atoms with van der Waals surface area (Å²) >= 11 is 1.39. The van der Waals surface area contributed by atoms with Crippen molar-refractivity contribution in [1.82, 2.24) is 4.98 Å². The minimum Gasteiger partial charge on any atom is -0.391 e. The highest BCUT2D eigenvalue weighted by molar-refractivity contribution is 7.19. The number of anilines is 2. The maximum Gasteiger partial charge on any atom is 0.184 e. The second-order valence-corrected chi connectivity index (χ2v) is 4.04. The molecule has 4 nitrogen and oxygen atoms in total. The van der Waals surface area contributed by atoms with E-state index in [1.165, 1.54) is 11.3 Å². The predicted molar refractivity (Wildman–Crippen MR) is 55.9 cm³/mol. The summed E-state index contributed by atoms with van der Waals surface area (Å²) in [6, 6.07) is 0.00977. The van der Waals surface area contributed by atoms with Gasteiger partial charge in [0.1, 0.15) is 5.00 Å². The second-order valence-electron chi connectivity index (χ2n) is 2.98. The van der Waals surface area contributed by atoms with E-state index in [9.17, 15) is 5.11 Å². The fourth-order valence-electron chi connectivity index (χ4n) is 0.998. The molecule has 13 heavy (non-hydrogen) atoms. The van der Waals surface area contributed by atoms with Crippen LogP contribution in [0.15, 0.2) is 6.20 Å². The fraction of sp³-hybridized carbons (Fsp3) is 0.625. The van der Waals surface area contributed by atoms with Gasteiger partial charge in [-0.25, -0.2) is 4.98 Å². The number of nitrogens with two attached hydrogens (primary N) is 1. The van der Waals surface area contributed by atoms with E-state index in [0.29, 0.717) is 5.00 Å². The lowest BCUT2D eigenvalue weighted by molar-refractivity contribution is 0.154. The van der Waals surface area contributed by atoms with Gasteiger partial charge in [0, 0.05) is 0 Å². The molecule has 0 aliphatic rings. The molecule has 1 heterocycles. The van der Waals surface area contributed by atoms with Crippen LogP contribution in [0.1, 0.15) is 20.3 Å². The van der Waals surface area contributed by atoms with E-state index in [-0.39, 0.29) is 12.1 Å². The molecular formula is C8H15N3OS. The first-order chi connectivity index (χ1) is 6.13. The van der Waals surface area contributed by atoms with Crippen LogP contribution in [0.5, 0.6) is 0 Å². The van der Waals surface area contributed by atoms with E-state index in [1.807, 2.05) is 13.8 Å². The number of hydrogen-bond donors (Lipinski definition) is 3. The van der Waals surface area contributed by atoms with Crippen molar-refractivity contribution in [1.29, 1.82) is 0 Å². The molecule has 74 valence electrons. The van der Waals surface area contributed by atoms with Gasteiger partial charge in [-0.05, 0) is 13.3 Å². The predicted octanol–water partition coefficient (Wildman–Crippen LogP) is 1.30. The highest BCUT2D eigenvalue weighted by Gasteiger charge is 2.12. The average Bonchev–Trinajstić information content (AvgIpc) is 2.49. The Labute approximate surface area is 81.8 Å². The topological polar surface area (TPSA) is 71.2 Å². The fourth-order valence-corrected chi connectivity index (χ4v) is 1.68. The van der Waals surface area contributed by atoms with Crippen LogP contribution in [0.25, 0.3) is 0 Å². The monoisotopic (exact) mass is 201 g/mol. The van der Waals surface area contributed by atoms with Gasteiger partial charge in [-0.1, -0.05) is 18.3 Å². The molecule has 0 saturated heterocycles. The molecule has 0 fully saturated rings. The van der Waals surface area contributed by atoms with Crippen LogP contribution in [-0.2, 0) is 0 Å². The number of nitrogens with zero attached hydrogens (tertiary/aromatic N) is 1. The Balaban J connectivity index is 2.49. The lowest BCUT2D eigenvalue weighted by Crippen LogP contribution is -2.29. The van der Waals surface area contributed by atoms with Gasteiger partial charge in [0.05, 0.1) is 18.3 Å². The number of aromatic nitrogens is 1. The Morgan fingerprint density at radius 3 is 2.92 bits per heavy atom. The van der Waals surface area contributed by atoms with E-state index < -0.39 is 0 Å². The van der Waals surface area contributed by atoms with Gasteiger partial charge < -0.3 is 16.2 Å². The minimum absolute atomic E-state index is 0.00977. The largest absolute Gasteiger partial charge is 0.391 e. The van der Waals surface area contributed by atoms with Crippen LogP contribution in [-0.4, -0.2) is 22.2 Å². The molecule has 0 aromatic carbocycles. The summed E-state index contributed by atoms with van der Waals surface area (Å²) in [6.45, 7) is 3.87. The van der Waals surface area contributed by atoms with E-state index in [1.54, 1.807) is 6.20 Å². The highest BCUT2D eigenvalue weighted by atomic mass is 32.1. The number of hydrogen-bond acceptors (Lipinski definition) is 5. The van der Waals surface area contributed by atoms with Crippen molar-refractivity contribution in [2.24, 2.45) is 0 Å². The van der Waals surface area contributed by atoms with Crippen LogP contribution >= 0.6 is 11.3 Å². The van der Waals surface area contributed by atoms with Crippen molar-refractivity contribution in [2.75, 3.05) is 11.1 Å². The van der Waals surface area contributed by atoms with Crippen molar-refractivity contribution in [3.05, 3.63) is 6.20 Å². The molecule has 1 aromatic rings. The van der Waals surface area contributed by atoms with Gasteiger partial charge in [0.15, 0.2) is 5.13 Å². The van der Waals surface area contributed by atoms with Crippen molar-refractivity contribution in [2.45, 2.75) is 32.4 Å². The normalized spacial score (nSPS) is 15.3. The molecule has 5 heteroatoms. The van der Waals surface area contributed by atoms with Crippen LogP contribution in [0.2, 0.25) is 0 Å². The number of rotatable bonds is 4. The molecular weight excluding hydrogens is 186 g/mol. The average molecular weight is 201 g/mol. The number of nitrogen functional groups attached to an aromatic ring is 1. The summed E-state index contributed by atoms with van der Waals surface area (Å²) in [5.41, 5.74) is 5.52. The van der Waals surface area contributed by atoms with E-state index in [0.717, 1.165) is 11.6 Å². The lowest BCUT2D eigenvalue weighted by Gasteiger charge is -2.17. The smallest absolute Gasteiger partial charge is 0.184 e. The third-order valence-corrected chi connectivity index (χ3v) is 2.63. The Morgan fingerprint density at radius 1 is 1.77 bits per heavy atom. The van der Waals surface area contributed by atoms with Gasteiger partial charge in [0.25, 0.3) is 0 Å². The molecule has 0 aliphatic heterocycles. The third kappa shape index (κ3) is 2.86. The zero-order valence-corrected chi connectivity index (χ0v) is 8.64. The summed E-state index contributed by atoms with van der Waals surface area (Å²) in [5, 5.41) is 14.0. The first kappa shape index (κ1) is 10.3. The number of aliphatic hydroxyl groups excluding tert-OH is 1. The molecule has 0 aliphatic carbocycles. The molecule has 0 saturated carbocycles. The van der Waals surface area contributed by atoms with Crippen molar-refractivity contribution < 1.29 is 5.11 Å². The zero-order valence-electron chi connectivity index (χ0n) is 7.82. The molecule has 2 atom stereocenters. The summed E-state index contributed by atoms with van der Waals surface area (Å²) < 4.78 is 0. The van der Waals surface area contributed by atoms with Gasteiger partial charge >= 0.3 is 0 Å². The summed E-state index contributed by atoms with van der Waals surface area (Å²) in [4.78, 5) is 4.04. The van der Waals surface area contributed by atoms with Gasteiger partial charge in [-0.15, -0.1) is 0 Å². The molecule has 0 bridgehead atoms. The standard InChI is InChI=1S/C8H15N3OS/c1-3-6(12)5(2)11-8-10-4-7(9)13-8/h4-6,12H,3,9H2,1-2H3,(H,10,11). The number of thiazole rings is 1. The first-order valence-electron chi connectivity index (χ1n) is 4.29. The SMILES string of the molecule is CCC(O)C(C)Nc1ncc(N)s1. The van der Waals surface area contributed by atoms with Gasteiger partial charge in [0.2, 0.25) is 0 Å². The third-order valence-electron chi connectivity index (χ3n) is 1.87. The van der Waals surface area contributed by atoms with Crippen molar-refractivity contribution in [3.8, 4) is 0 Å². The van der Waals surface area contributed by atoms with Crippen LogP contribution < -0.4 is 11.1 Å². The summed E-state index contributed by atoms with van der Waals surface area (Å²) in [5.74, 6) is 0. The molecule has 1 rings (SSSR count). The molecule has 0 spiro atoms. The molecule has 1 aromatic heterocycles. The lowest BCUT2D eigenvalue weighted by atomic mass is 10.1. The quantitative estimate of drug-likeness (QED) is 0.686. The minimum atomic E-state index is -0.342. The van der Waals surface area contributed by atoms with Crippen LogP contribution in [0.4, 0.5) is 10.1 Å². The van der Waals surface area contributed by atoms with Gasteiger partial charge in [-0.2, -0.15) is 0 Å². The molecule has 2 unspecified atom stereocenters. The Kier molecular flexibility index (Phi) is 3.50. The van der Waals surface area contributed by atoms with E-state index in [2.05, 4.69) is 10.3 Å². The Hall–Kier alpha value is -0.810. The van der Waals surface area contributed by atoms with Crippen LogP contribution in [0, 0.1) is 0 Å². The number of aliphatic hydroxyl groups is 1. The Bertz CT molecular complexity index is 264. The molecule has 4 N–H and O–H groups in total. The first-order valence-corrected chi connectivity index (χ1v) is 5.11.